The van der Waals surface area contributed by atoms with Gasteiger partial charge in [0, 0.05) is 94.4 Å². The van der Waals surface area contributed by atoms with Gasteiger partial charge in [-0.05, 0) is 89.0 Å². The molecule has 10 aromatic rings. The number of nitrogens with zero attached hydrogens (tertiary/aromatic N) is 11. The first-order valence-electron chi connectivity index (χ1n) is 28.8. The summed E-state index contributed by atoms with van der Waals surface area (Å²) in [6, 6.07) is 16.1. The molecule has 0 aliphatic carbocycles. The van der Waals surface area contributed by atoms with Crippen LogP contribution in [0, 0.1) is 0 Å². The van der Waals surface area contributed by atoms with E-state index in [1.165, 1.54) is 39.5 Å². The molecule has 0 aliphatic rings. The van der Waals surface area contributed by atoms with Gasteiger partial charge in [0.15, 0.2) is 18.7 Å². The fourth-order valence-corrected chi connectivity index (χ4v) is 7.91. The number of rotatable bonds is 10. The van der Waals surface area contributed by atoms with Crippen molar-refractivity contribution in [2.45, 2.75) is 198 Å². The van der Waals surface area contributed by atoms with Crippen molar-refractivity contribution in [1.29, 1.82) is 0 Å². The third-order valence-corrected chi connectivity index (χ3v) is 14.0. The van der Waals surface area contributed by atoms with E-state index in [0.29, 0.717) is 59.2 Å². The van der Waals surface area contributed by atoms with Gasteiger partial charge in [0.2, 0.25) is 0 Å². The highest BCUT2D eigenvalue weighted by atomic mass is 32.1. The van der Waals surface area contributed by atoms with E-state index in [1.807, 2.05) is 110 Å². The van der Waals surface area contributed by atoms with Gasteiger partial charge in [-0.1, -0.05) is 151 Å². The average Bonchev–Trinajstić information content (AvgIpc) is 4.35. The molecular weight excluding hydrogens is 1100 g/mol. The molecule has 10 aromatic heterocycles. The minimum absolute atomic E-state index is 0.407. The molecule has 0 radical (unpaired) electrons. The Morgan fingerprint density at radius 1 is 0.381 bits per heavy atom. The largest absolute Gasteiger partial charge is 0.451 e. The first kappa shape index (κ1) is 75.1. The summed E-state index contributed by atoms with van der Waals surface area (Å²) < 4.78 is 14.7. The summed E-state index contributed by atoms with van der Waals surface area (Å²) in [6.07, 6.45) is 25.9. The normalized spacial score (nSPS) is 10.3. The van der Waals surface area contributed by atoms with E-state index in [9.17, 15) is 0 Å². The molecule has 84 heavy (non-hydrogen) atoms. The zero-order chi connectivity index (χ0) is 62.7. The summed E-state index contributed by atoms with van der Waals surface area (Å²) in [4.78, 5) is 45.3. The van der Waals surface area contributed by atoms with Crippen LogP contribution in [0.3, 0.4) is 0 Å². The molecule has 0 atom stereocenters. The molecule has 10 heterocycles. The average molecular weight is 1200 g/mol. The Morgan fingerprint density at radius 3 is 1.33 bits per heavy atom. The lowest BCUT2D eigenvalue weighted by molar-refractivity contribution is 0.471. The fourth-order valence-electron chi connectivity index (χ4n) is 5.90. The molecule has 0 aromatic carbocycles. The summed E-state index contributed by atoms with van der Waals surface area (Å²) in [7, 11) is 0. The van der Waals surface area contributed by atoms with Crippen LogP contribution in [0.1, 0.15) is 253 Å². The van der Waals surface area contributed by atoms with Crippen molar-refractivity contribution in [3.63, 3.8) is 0 Å². The fraction of sp³-hybridized carbons (Fsp3) is 0.448. The van der Waals surface area contributed by atoms with Gasteiger partial charge in [0.25, 0.3) is 0 Å². The minimum Gasteiger partial charge on any atom is -0.451 e. The lowest BCUT2D eigenvalue weighted by Crippen LogP contribution is -1.90. The summed E-state index contributed by atoms with van der Waals surface area (Å²) in [5.41, 5.74) is 10.9. The van der Waals surface area contributed by atoms with E-state index < -0.39 is 0 Å². The van der Waals surface area contributed by atoms with Crippen LogP contribution >= 0.6 is 34.0 Å². The Labute approximate surface area is 516 Å². The molecule has 0 saturated heterocycles. The van der Waals surface area contributed by atoms with Gasteiger partial charge in [-0.15, -0.1) is 34.0 Å². The highest BCUT2D eigenvalue weighted by molar-refractivity contribution is 7.09. The van der Waals surface area contributed by atoms with Crippen molar-refractivity contribution in [3.05, 3.63) is 219 Å². The van der Waals surface area contributed by atoms with Gasteiger partial charge in [-0.2, -0.15) is 0 Å². The number of hydrogen-bond donors (Lipinski definition) is 0. The van der Waals surface area contributed by atoms with Crippen LogP contribution in [-0.4, -0.2) is 54.8 Å². The van der Waals surface area contributed by atoms with Gasteiger partial charge < -0.3 is 13.3 Å². The molecule has 0 unspecified atom stereocenters. The van der Waals surface area contributed by atoms with Crippen LogP contribution in [0.25, 0.3) is 0 Å². The Bertz CT molecular complexity index is 2410. The number of thiazole rings is 3. The zero-order valence-electron chi connectivity index (χ0n) is 53.7. The second-order valence-corrected chi connectivity index (χ2v) is 24.4. The maximum absolute atomic E-state index is 4.98. The molecular formula is C67H97N11O3S3. The topological polar surface area (TPSA) is 181 Å². The van der Waals surface area contributed by atoms with E-state index in [1.54, 1.807) is 77.7 Å². The lowest BCUT2D eigenvalue weighted by Gasteiger charge is -2.01. The summed E-state index contributed by atoms with van der Waals surface area (Å²) in [5.74, 6) is 7.19. The molecule has 0 N–H and O–H groups in total. The van der Waals surface area contributed by atoms with Crippen molar-refractivity contribution in [3.8, 4) is 0 Å². The SMILES string of the molecule is CC(C)c1ccccn1.CC(C)c1cccnc1.CC(C)c1ccncc1.CC(C)c1ccncn1.CC(C)c1cnco1.CC(C)c1cncs1.CC(C)c1cocn1.CC(C)c1cscn1.CC(C)c1ncco1.CC(C)c1nccs1. The standard InChI is InChI=1S/3C8H11N.C7H10N2.3C6H9NO.3C6H9NS/c1-7(2)8-3-5-9-6-4-8;1-7(2)8-4-3-5-9-6-8;1-7(2)8-5-3-4-6-9-8;1-6(2)7-3-4-8-5-9-7;1-5(2)6-3-8-4-7-6;1-5(2)6-3-7-4-8-6;1-5(2)6-7-3-4-8-6;1-5(2)6-3-8-4-7-6;1-5(2)6-3-7-4-8-6;1-5(2)6-7-3-4-8-6/h3*3-7H,1-2H3;3-6H,1-2H3;6*3-5H,1-2H3. The highest BCUT2D eigenvalue weighted by Crippen LogP contribution is 2.18. The minimum atomic E-state index is 0.407. The van der Waals surface area contributed by atoms with Gasteiger partial charge >= 0.3 is 0 Å². The van der Waals surface area contributed by atoms with Crippen LogP contribution in [-0.2, 0) is 0 Å². The van der Waals surface area contributed by atoms with E-state index >= 15 is 0 Å². The Kier molecular flexibility index (Phi) is 40.6. The van der Waals surface area contributed by atoms with Crippen LogP contribution in [0.2, 0.25) is 0 Å². The van der Waals surface area contributed by atoms with Crippen LogP contribution in [0.5, 0.6) is 0 Å². The smallest absolute Gasteiger partial charge is 0.196 e. The predicted molar refractivity (Wildman–Crippen MR) is 351 cm³/mol. The maximum atomic E-state index is 4.98. The second kappa shape index (κ2) is 45.5. The molecule has 456 valence electrons. The summed E-state index contributed by atoms with van der Waals surface area (Å²) in [6.45, 7) is 42.5. The summed E-state index contributed by atoms with van der Waals surface area (Å²) in [5, 5.41) is 5.32. The highest BCUT2D eigenvalue weighted by Gasteiger charge is 2.03. The second-order valence-electron chi connectivity index (χ2n) is 21.9. The van der Waals surface area contributed by atoms with Gasteiger partial charge in [-0.3, -0.25) is 19.9 Å². The van der Waals surface area contributed by atoms with E-state index in [-0.39, 0.29) is 0 Å². The Hall–Kier alpha value is -6.95. The number of pyridine rings is 3. The molecule has 10 rings (SSSR count). The third kappa shape index (κ3) is 35.9. The molecule has 14 nitrogen and oxygen atoms in total. The van der Waals surface area contributed by atoms with Crippen LogP contribution < -0.4 is 0 Å². The lowest BCUT2D eigenvalue weighted by atomic mass is 10.1. The van der Waals surface area contributed by atoms with Crippen LogP contribution in [0.15, 0.2) is 177 Å². The molecule has 17 heteroatoms. The van der Waals surface area contributed by atoms with E-state index in [2.05, 4.69) is 191 Å². The number of oxazole rings is 3. The Balaban J connectivity index is 0.000000467. The van der Waals surface area contributed by atoms with Crippen LogP contribution in [0.4, 0.5) is 0 Å². The molecule has 0 fully saturated rings. The number of hydrogen-bond acceptors (Lipinski definition) is 17. The van der Waals surface area contributed by atoms with Crippen molar-refractivity contribution in [2.24, 2.45) is 0 Å². The quantitative estimate of drug-likeness (QED) is 0.126. The van der Waals surface area contributed by atoms with Gasteiger partial charge in [-0.25, -0.2) is 34.9 Å². The third-order valence-electron chi connectivity index (χ3n) is 11.2. The molecule has 0 spiro atoms. The molecule has 0 saturated carbocycles. The van der Waals surface area contributed by atoms with Crippen molar-refractivity contribution in [1.82, 2.24) is 54.8 Å². The first-order chi connectivity index (χ1) is 40.0. The van der Waals surface area contributed by atoms with E-state index in [0.717, 1.165) is 28.7 Å². The Morgan fingerprint density at radius 2 is 1.05 bits per heavy atom. The molecule has 0 bridgehead atoms. The molecule has 0 aliphatic heterocycles. The monoisotopic (exact) mass is 1200 g/mol. The van der Waals surface area contributed by atoms with Gasteiger partial charge in [0.1, 0.15) is 24.6 Å². The number of aromatic nitrogens is 11. The summed E-state index contributed by atoms with van der Waals surface area (Å²) >= 11 is 5.10. The van der Waals surface area contributed by atoms with Crippen molar-refractivity contribution >= 4 is 34.0 Å². The van der Waals surface area contributed by atoms with Crippen molar-refractivity contribution in [2.75, 3.05) is 0 Å². The van der Waals surface area contributed by atoms with Gasteiger partial charge in [0.05, 0.1) is 39.8 Å². The van der Waals surface area contributed by atoms with E-state index in [4.69, 9.17) is 13.3 Å². The zero-order valence-corrected chi connectivity index (χ0v) is 56.2. The van der Waals surface area contributed by atoms with Crippen molar-refractivity contribution < 1.29 is 13.3 Å². The molecule has 0 amide bonds. The first-order valence-corrected chi connectivity index (χ1v) is 31.5. The predicted octanol–water partition coefficient (Wildman–Crippen LogP) is 20.4. The maximum Gasteiger partial charge on any atom is 0.196 e.